The zero-order chi connectivity index (χ0) is 22.3. The van der Waals surface area contributed by atoms with Gasteiger partial charge >= 0.3 is 0 Å². The lowest BCUT2D eigenvalue weighted by molar-refractivity contribution is 0.0954. The number of benzene rings is 3. The maximum Gasteiger partial charge on any atom is 0.271 e. The Hall–Kier alpha value is -4.04. The number of tetrazole rings is 1. The third kappa shape index (κ3) is 5.35. The monoisotopic (exact) mass is 446 g/mol. The molecular formula is C23H19ClN6O2. The van der Waals surface area contributed by atoms with Gasteiger partial charge in [0.25, 0.3) is 5.91 Å². The SMILES string of the molecule is C/C(=N\NC(=O)c1cccc(COc2ccc(Cl)cc2)c1)c1cccc(-n2cnnn2)c1. The van der Waals surface area contributed by atoms with E-state index >= 15 is 0 Å². The van der Waals surface area contributed by atoms with Crippen LogP contribution in [0.4, 0.5) is 0 Å². The van der Waals surface area contributed by atoms with Gasteiger partial charge in [-0.3, -0.25) is 4.79 Å². The minimum atomic E-state index is -0.311. The minimum absolute atomic E-state index is 0.311. The quantitative estimate of drug-likeness (QED) is 0.341. The van der Waals surface area contributed by atoms with E-state index in [0.29, 0.717) is 28.7 Å². The lowest BCUT2D eigenvalue weighted by Crippen LogP contribution is -2.19. The number of carbonyl (C=O) groups excluding carboxylic acids is 1. The molecule has 0 radical (unpaired) electrons. The van der Waals surface area contributed by atoms with Crippen LogP contribution in [-0.2, 0) is 6.61 Å². The number of nitrogens with one attached hydrogen (secondary N) is 1. The van der Waals surface area contributed by atoms with Crippen molar-refractivity contribution in [1.29, 1.82) is 0 Å². The fraction of sp³-hybridized carbons (Fsp3) is 0.0870. The van der Waals surface area contributed by atoms with E-state index in [1.165, 1.54) is 6.33 Å². The Balaban J connectivity index is 1.40. The Kier molecular flexibility index (Phi) is 6.52. The summed E-state index contributed by atoms with van der Waals surface area (Å²) in [6.45, 7) is 2.14. The fourth-order valence-corrected chi connectivity index (χ4v) is 3.04. The van der Waals surface area contributed by atoms with Gasteiger partial charge in [-0.15, -0.1) is 5.10 Å². The van der Waals surface area contributed by atoms with Crippen LogP contribution in [0.2, 0.25) is 5.02 Å². The number of carbonyl (C=O) groups is 1. The van der Waals surface area contributed by atoms with Crippen LogP contribution in [0.25, 0.3) is 5.69 Å². The summed E-state index contributed by atoms with van der Waals surface area (Å²) in [5.41, 5.74) is 6.23. The van der Waals surface area contributed by atoms with Crippen molar-refractivity contribution in [2.24, 2.45) is 5.10 Å². The van der Waals surface area contributed by atoms with E-state index in [0.717, 1.165) is 16.8 Å². The molecule has 0 aliphatic heterocycles. The van der Waals surface area contributed by atoms with Crippen molar-refractivity contribution in [2.75, 3.05) is 0 Å². The number of rotatable bonds is 7. The average molecular weight is 447 g/mol. The van der Waals surface area contributed by atoms with E-state index in [1.807, 2.05) is 43.3 Å². The highest BCUT2D eigenvalue weighted by Crippen LogP contribution is 2.17. The first-order valence-corrected chi connectivity index (χ1v) is 10.1. The molecule has 0 saturated heterocycles. The number of hydrazone groups is 1. The number of nitrogens with zero attached hydrogens (tertiary/aromatic N) is 5. The molecule has 160 valence electrons. The smallest absolute Gasteiger partial charge is 0.271 e. The van der Waals surface area contributed by atoms with E-state index in [-0.39, 0.29) is 5.91 Å². The molecule has 32 heavy (non-hydrogen) atoms. The molecule has 1 heterocycles. The van der Waals surface area contributed by atoms with Gasteiger partial charge in [0.05, 0.1) is 11.4 Å². The molecule has 3 aromatic carbocycles. The minimum Gasteiger partial charge on any atom is -0.489 e. The highest BCUT2D eigenvalue weighted by molar-refractivity contribution is 6.30. The van der Waals surface area contributed by atoms with Crippen molar-refractivity contribution in [3.63, 3.8) is 0 Å². The van der Waals surface area contributed by atoms with Crippen molar-refractivity contribution in [2.45, 2.75) is 13.5 Å². The summed E-state index contributed by atoms with van der Waals surface area (Å²) in [4.78, 5) is 12.6. The summed E-state index contributed by atoms with van der Waals surface area (Å²) in [6, 6.07) is 21.9. The van der Waals surface area contributed by atoms with Crippen LogP contribution in [0.15, 0.2) is 84.2 Å². The number of hydrogen-bond acceptors (Lipinski definition) is 6. The summed E-state index contributed by atoms with van der Waals surface area (Å²) in [5, 5.41) is 16.0. The Morgan fingerprint density at radius 1 is 1.06 bits per heavy atom. The Labute approximate surface area is 189 Å². The zero-order valence-corrected chi connectivity index (χ0v) is 17.9. The number of halogens is 1. The molecule has 1 amide bonds. The summed E-state index contributed by atoms with van der Waals surface area (Å²) in [6.07, 6.45) is 1.51. The summed E-state index contributed by atoms with van der Waals surface area (Å²) >= 11 is 5.89. The molecule has 4 aromatic rings. The number of hydrogen-bond donors (Lipinski definition) is 1. The van der Waals surface area contributed by atoms with Crippen molar-refractivity contribution in [1.82, 2.24) is 25.6 Å². The Morgan fingerprint density at radius 3 is 2.62 bits per heavy atom. The summed E-state index contributed by atoms with van der Waals surface area (Å²) in [5.74, 6) is 0.391. The molecule has 1 N–H and O–H groups in total. The van der Waals surface area contributed by atoms with Gasteiger partial charge in [-0.2, -0.15) is 5.10 Å². The molecule has 0 bridgehead atoms. The largest absolute Gasteiger partial charge is 0.489 e. The average Bonchev–Trinajstić information content (AvgIpc) is 3.37. The first-order chi connectivity index (χ1) is 15.6. The molecule has 0 aliphatic rings. The molecule has 9 heteroatoms. The third-order valence-electron chi connectivity index (χ3n) is 4.61. The molecule has 8 nitrogen and oxygen atoms in total. The summed E-state index contributed by atoms with van der Waals surface area (Å²) in [7, 11) is 0. The second kappa shape index (κ2) is 9.84. The lowest BCUT2D eigenvalue weighted by Gasteiger charge is -2.08. The highest BCUT2D eigenvalue weighted by Gasteiger charge is 2.08. The molecule has 0 saturated carbocycles. The van der Waals surface area contributed by atoms with E-state index in [9.17, 15) is 4.79 Å². The highest BCUT2D eigenvalue weighted by atomic mass is 35.5. The standard InChI is InChI=1S/C23H19ClN6O2/c1-16(18-5-3-7-21(13-18)30-15-25-28-29-30)26-27-23(31)19-6-2-4-17(12-19)14-32-22-10-8-20(24)9-11-22/h2-13,15H,14H2,1H3,(H,27,31)/b26-16+. The molecule has 1 aromatic heterocycles. The van der Waals surface area contributed by atoms with Crippen LogP contribution < -0.4 is 10.2 Å². The molecule has 0 fully saturated rings. The van der Waals surface area contributed by atoms with Crippen molar-refractivity contribution in [3.05, 3.63) is 101 Å². The number of amides is 1. The molecule has 0 atom stereocenters. The molecule has 4 rings (SSSR count). The van der Waals surface area contributed by atoms with E-state index in [4.69, 9.17) is 16.3 Å². The van der Waals surface area contributed by atoms with Gasteiger partial charge in [0.2, 0.25) is 0 Å². The Morgan fingerprint density at radius 2 is 1.84 bits per heavy atom. The second-order valence-corrected chi connectivity index (χ2v) is 7.32. The first kappa shape index (κ1) is 21.2. The molecule has 0 aliphatic carbocycles. The molecular weight excluding hydrogens is 428 g/mol. The predicted octanol–water partition coefficient (Wildman–Crippen LogP) is 4.05. The number of ether oxygens (including phenoxy) is 1. The fourth-order valence-electron chi connectivity index (χ4n) is 2.92. The van der Waals surface area contributed by atoms with Crippen LogP contribution in [0.3, 0.4) is 0 Å². The van der Waals surface area contributed by atoms with Crippen molar-refractivity contribution in [3.8, 4) is 11.4 Å². The van der Waals surface area contributed by atoms with E-state index < -0.39 is 0 Å². The lowest BCUT2D eigenvalue weighted by atomic mass is 10.1. The van der Waals surface area contributed by atoms with Crippen molar-refractivity contribution >= 4 is 23.2 Å². The van der Waals surface area contributed by atoms with Crippen LogP contribution in [0, 0.1) is 0 Å². The maximum absolute atomic E-state index is 12.6. The molecule has 0 spiro atoms. The zero-order valence-electron chi connectivity index (χ0n) is 17.1. The van der Waals surface area contributed by atoms with Gasteiger partial charge in [-0.05, 0) is 77.0 Å². The topological polar surface area (TPSA) is 94.3 Å². The van der Waals surface area contributed by atoms with Gasteiger partial charge in [-0.1, -0.05) is 35.9 Å². The van der Waals surface area contributed by atoms with Crippen LogP contribution in [0.5, 0.6) is 5.75 Å². The predicted molar refractivity (Wildman–Crippen MR) is 121 cm³/mol. The Bertz CT molecular complexity index is 1240. The van der Waals surface area contributed by atoms with Crippen LogP contribution >= 0.6 is 11.6 Å². The normalized spacial score (nSPS) is 11.2. The van der Waals surface area contributed by atoms with Gasteiger partial charge in [0.15, 0.2) is 0 Å². The van der Waals surface area contributed by atoms with Crippen molar-refractivity contribution < 1.29 is 9.53 Å². The van der Waals surface area contributed by atoms with Gasteiger partial charge in [0, 0.05) is 10.6 Å². The molecule has 0 unspecified atom stereocenters. The van der Waals surface area contributed by atoms with Crippen LogP contribution in [-0.4, -0.2) is 31.8 Å². The third-order valence-corrected chi connectivity index (χ3v) is 4.86. The maximum atomic E-state index is 12.6. The van der Waals surface area contributed by atoms with E-state index in [2.05, 4.69) is 26.1 Å². The second-order valence-electron chi connectivity index (χ2n) is 6.89. The number of aromatic nitrogens is 4. The van der Waals surface area contributed by atoms with Gasteiger partial charge in [0.1, 0.15) is 18.7 Å². The van der Waals surface area contributed by atoms with Gasteiger partial charge in [-0.25, -0.2) is 10.1 Å². The van der Waals surface area contributed by atoms with Crippen LogP contribution in [0.1, 0.15) is 28.4 Å². The summed E-state index contributed by atoms with van der Waals surface area (Å²) < 4.78 is 7.29. The first-order valence-electron chi connectivity index (χ1n) is 9.74. The van der Waals surface area contributed by atoms with E-state index in [1.54, 1.807) is 41.1 Å². The van der Waals surface area contributed by atoms with Gasteiger partial charge < -0.3 is 4.74 Å².